The maximum atomic E-state index is 13.4. The third-order valence-corrected chi connectivity index (χ3v) is 6.86. The smallest absolute Gasteiger partial charge is 0.244 e. The number of rotatable bonds is 10. The van der Waals surface area contributed by atoms with Crippen molar-refractivity contribution in [1.82, 2.24) is 10.2 Å². The number of nitrogens with zero attached hydrogens (tertiary/aromatic N) is 2. The van der Waals surface area contributed by atoms with Crippen molar-refractivity contribution in [3.8, 4) is 11.5 Å². The number of hydrogen-bond donors (Lipinski definition) is 1. The van der Waals surface area contributed by atoms with Crippen molar-refractivity contribution >= 4 is 39.1 Å². The molecule has 0 aliphatic rings. The second kappa shape index (κ2) is 11.9. The fourth-order valence-corrected chi connectivity index (χ4v) is 4.47. The van der Waals surface area contributed by atoms with Crippen molar-refractivity contribution in [3.05, 3.63) is 89.4 Å². The summed E-state index contributed by atoms with van der Waals surface area (Å²) in [5, 5.41) is 3.08. The molecule has 3 rings (SSSR count). The predicted molar refractivity (Wildman–Crippen MR) is 141 cm³/mol. The predicted octanol–water partition coefficient (Wildman–Crippen LogP) is 4.06. The summed E-state index contributed by atoms with van der Waals surface area (Å²) < 4.78 is 32.1. The van der Waals surface area contributed by atoms with E-state index in [0.717, 1.165) is 16.1 Å². The Morgan fingerprint density at radius 1 is 0.944 bits per heavy atom. The number of carbonyl (C=O) groups excluding carboxylic acids is 2. The van der Waals surface area contributed by atoms with E-state index in [1.54, 1.807) is 67.6 Å². The topological polar surface area (TPSA) is 96.0 Å². The average Bonchev–Trinajstić information content (AvgIpc) is 2.86. The zero-order valence-electron chi connectivity index (χ0n) is 20.2. The molecule has 0 heterocycles. The number of halogens is 1. The van der Waals surface area contributed by atoms with Crippen LogP contribution in [0.25, 0.3) is 0 Å². The van der Waals surface area contributed by atoms with E-state index in [1.807, 2.05) is 18.2 Å². The zero-order chi connectivity index (χ0) is 26.3. The summed E-state index contributed by atoms with van der Waals surface area (Å²) in [6, 6.07) is 21.6. The van der Waals surface area contributed by atoms with Gasteiger partial charge in [-0.2, -0.15) is 0 Å². The van der Waals surface area contributed by atoms with Gasteiger partial charge in [0.05, 0.1) is 11.9 Å². The van der Waals surface area contributed by atoms with Gasteiger partial charge in [0.25, 0.3) is 0 Å². The molecule has 1 N–H and O–H groups in total. The first-order valence-corrected chi connectivity index (χ1v) is 13.4. The van der Waals surface area contributed by atoms with Crippen molar-refractivity contribution in [3.63, 3.8) is 0 Å². The lowest BCUT2D eigenvalue weighted by Gasteiger charge is -2.31. The van der Waals surface area contributed by atoms with Crippen LogP contribution >= 0.6 is 11.6 Å². The molecule has 0 radical (unpaired) electrons. The SMILES string of the molecule is CNC(=O)[C@H](C)N(Cc1ccc(Cl)cc1)C(=O)CN(c1ccc(Oc2ccccc2)cc1)S(C)(=O)=O. The Morgan fingerprint density at radius 2 is 1.53 bits per heavy atom. The third kappa shape index (κ3) is 7.22. The second-order valence-electron chi connectivity index (χ2n) is 8.12. The molecule has 3 aromatic carbocycles. The fraction of sp³-hybridized carbons (Fsp3) is 0.231. The lowest BCUT2D eigenvalue weighted by Crippen LogP contribution is -2.50. The number of sulfonamides is 1. The van der Waals surface area contributed by atoms with Crippen molar-refractivity contribution < 1.29 is 22.7 Å². The Kier molecular flexibility index (Phi) is 8.95. The lowest BCUT2D eigenvalue weighted by molar-refractivity contribution is -0.139. The molecule has 0 aliphatic heterocycles. The number of ether oxygens (including phenoxy) is 1. The molecule has 190 valence electrons. The second-order valence-corrected chi connectivity index (χ2v) is 10.5. The number of carbonyl (C=O) groups is 2. The minimum absolute atomic E-state index is 0.103. The van der Waals surface area contributed by atoms with Gasteiger partial charge in [0.15, 0.2) is 0 Å². The highest BCUT2D eigenvalue weighted by Crippen LogP contribution is 2.26. The van der Waals surface area contributed by atoms with E-state index < -0.39 is 28.5 Å². The van der Waals surface area contributed by atoms with Crippen molar-refractivity contribution in [2.45, 2.75) is 19.5 Å². The normalized spacial score (nSPS) is 11.9. The van der Waals surface area contributed by atoms with Gasteiger partial charge in [-0.25, -0.2) is 8.42 Å². The molecular formula is C26H28ClN3O5S. The zero-order valence-corrected chi connectivity index (χ0v) is 21.8. The summed E-state index contributed by atoms with van der Waals surface area (Å²) in [6.45, 7) is 1.21. The molecule has 0 bridgehead atoms. The molecule has 3 aromatic rings. The maximum Gasteiger partial charge on any atom is 0.244 e. The van der Waals surface area contributed by atoms with E-state index >= 15 is 0 Å². The molecule has 0 saturated carbocycles. The van der Waals surface area contributed by atoms with Gasteiger partial charge in [-0.1, -0.05) is 41.9 Å². The number of benzene rings is 3. The third-order valence-electron chi connectivity index (χ3n) is 5.46. The molecular weight excluding hydrogens is 502 g/mol. The lowest BCUT2D eigenvalue weighted by atomic mass is 10.1. The van der Waals surface area contributed by atoms with E-state index in [9.17, 15) is 18.0 Å². The van der Waals surface area contributed by atoms with Crippen LogP contribution in [0.15, 0.2) is 78.9 Å². The van der Waals surface area contributed by atoms with Gasteiger partial charge in [0.2, 0.25) is 21.8 Å². The molecule has 2 amide bonds. The van der Waals surface area contributed by atoms with E-state index in [1.165, 1.54) is 11.9 Å². The summed E-state index contributed by atoms with van der Waals surface area (Å²) >= 11 is 5.96. The molecule has 8 nitrogen and oxygen atoms in total. The Hall–Kier alpha value is -3.56. The minimum atomic E-state index is -3.82. The number of para-hydroxylation sites is 1. The van der Waals surface area contributed by atoms with Gasteiger partial charge in [-0.05, 0) is 61.0 Å². The number of anilines is 1. The molecule has 0 saturated heterocycles. The molecule has 0 aliphatic carbocycles. The highest BCUT2D eigenvalue weighted by atomic mass is 35.5. The Balaban J connectivity index is 1.84. The van der Waals surface area contributed by atoms with Gasteiger partial charge < -0.3 is 15.0 Å². The van der Waals surface area contributed by atoms with E-state index in [4.69, 9.17) is 16.3 Å². The molecule has 0 spiro atoms. The van der Waals surface area contributed by atoms with Crippen LogP contribution in [0.4, 0.5) is 5.69 Å². The monoisotopic (exact) mass is 529 g/mol. The van der Waals surface area contributed by atoms with Crippen molar-refractivity contribution in [2.24, 2.45) is 0 Å². The Labute approximate surface area is 216 Å². The highest BCUT2D eigenvalue weighted by molar-refractivity contribution is 7.92. The summed E-state index contributed by atoms with van der Waals surface area (Å²) in [4.78, 5) is 27.1. The van der Waals surface area contributed by atoms with Gasteiger partial charge in [0, 0.05) is 18.6 Å². The van der Waals surface area contributed by atoms with Crippen LogP contribution in [0, 0.1) is 0 Å². The number of amides is 2. The van der Waals surface area contributed by atoms with Gasteiger partial charge in [-0.3, -0.25) is 13.9 Å². The van der Waals surface area contributed by atoms with Crippen LogP contribution in [-0.2, 0) is 26.2 Å². The van der Waals surface area contributed by atoms with Gasteiger partial charge in [-0.15, -0.1) is 0 Å². The molecule has 10 heteroatoms. The first-order valence-electron chi connectivity index (χ1n) is 11.1. The molecule has 0 fully saturated rings. The largest absolute Gasteiger partial charge is 0.457 e. The van der Waals surface area contributed by atoms with Crippen LogP contribution in [-0.4, -0.2) is 51.0 Å². The first-order chi connectivity index (χ1) is 17.1. The Morgan fingerprint density at radius 3 is 2.08 bits per heavy atom. The van der Waals surface area contributed by atoms with Crippen LogP contribution in [0.1, 0.15) is 12.5 Å². The van der Waals surface area contributed by atoms with Gasteiger partial charge >= 0.3 is 0 Å². The van der Waals surface area contributed by atoms with Crippen molar-refractivity contribution in [1.29, 1.82) is 0 Å². The van der Waals surface area contributed by atoms with E-state index in [-0.39, 0.29) is 12.5 Å². The van der Waals surface area contributed by atoms with Crippen LogP contribution in [0.5, 0.6) is 11.5 Å². The highest BCUT2D eigenvalue weighted by Gasteiger charge is 2.29. The van der Waals surface area contributed by atoms with Gasteiger partial charge in [0.1, 0.15) is 24.1 Å². The standard InChI is InChI=1S/C26H28ClN3O5S/c1-19(26(32)28-2)29(17-20-9-11-21(27)12-10-20)25(31)18-30(36(3,33)34)22-13-15-24(16-14-22)35-23-7-5-4-6-8-23/h4-16,19H,17-18H2,1-3H3,(H,28,32)/t19-/m0/s1. The van der Waals surface area contributed by atoms with E-state index in [0.29, 0.717) is 22.2 Å². The minimum Gasteiger partial charge on any atom is -0.457 e. The summed E-state index contributed by atoms with van der Waals surface area (Å²) in [6.07, 6.45) is 1.03. The molecule has 0 aromatic heterocycles. The van der Waals surface area contributed by atoms with Crippen LogP contribution in [0.2, 0.25) is 5.02 Å². The quantitative estimate of drug-likeness (QED) is 0.427. The fourth-order valence-electron chi connectivity index (χ4n) is 3.50. The summed E-state index contributed by atoms with van der Waals surface area (Å²) in [5.74, 6) is 0.255. The summed E-state index contributed by atoms with van der Waals surface area (Å²) in [5.41, 5.74) is 1.04. The molecule has 36 heavy (non-hydrogen) atoms. The van der Waals surface area contributed by atoms with Crippen molar-refractivity contribution in [2.75, 3.05) is 24.2 Å². The first kappa shape index (κ1) is 27.0. The Bertz CT molecular complexity index is 1280. The molecule has 1 atom stereocenters. The number of nitrogens with one attached hydrogen (secondary N) is 1. The maximum absolute atomic E-state index is 13.4. The number of likely N-dealkylation sites (N-methyl/N-ethyl adjacent to an activating group) is 1. The van der Waals surface area contributed by atoms with E-state index in [2.05, 4.69) is 5.32 Å². The molecule has 0 unspecified atom stereocenters. The number of hydrogen-bond acceptors (Lipinski definition) is 5. The van der Waals surface area contributed by atoms with Crippen LogP contribution < -0.4 is 14.4 Å². The average molecular weight is 530 g/mol. The van der Waals surface area contributed by atoms with Crippen LogP contribution in [0.3, 0.4) is 0 Å². The summed E-state index contributed by atoms with van der Waals surface area (Å²) in [7, 11) is -2.34.